The molecular formula is C22H33IN4O2. The molecule has 1 atom stereocenters. The number of amides is 1. The van der Waals surface area contributed by atoms with Crippen molar-refractivity contribution in [1.82, 2.24) is 15.1 Å². The number of nitrogens with zero attached hydrogens (tertiary/aromatic N) is 3. The molecule has 1 saturated heterocycles. The Kier molecular flexibility index (Phi) is 6.65. The smallest absolute Gasteiger partial charge is 0.410 e. The number of ether oxygens (including phenoxy) is 1. The molecule has 6 nitrogen and oxygen atoms in total. The number of carbonyl (C=O) groups excluding carboxylic acids is 1. The van der Waals surface area contributed by atoms with Crippen molar-refractivity contribution in [2.45, 2.75) is 51.7 Å². The Morgan fingerprint density at radius 1 is 1.24 bits per heavy atom. The van der Waals surface area contributed by atoms with Crippen molar-refractivity contribution in [3.63, 3.8) is 0 Å². The van der Waals surface area contributed by atoms with Crippen molar-refractivity contribution < 1.29 is 9.53 Å². The van der Waals surface area contributed by atoms with Gasteiger partial charge >= 0.3 is 6.09 Å². The number of hydrogen-bond donors (Lipinski definition) is 1. The molecular weight excluding hydrogens is 479 g/mol. The van der Waals surface area contributed by atoms with E-state index in [2.05, 4.69) is 40.5 Å². The molecule has 1 unspecified atom stereocenters. The van der Waals surface area contributed by atoms with Gasteiger partial charge in [-0.1, -0.05) is 30.3 Å². The van der Waals surface area contributed by atoms with Gasteiger partial charge in [-0.15, -0.1) is 24.0 Å². The standard InChI is InChI=1S/C22H32N4O2.HI/c1-21(2,3)28-20(27)25-11-12-26-18(15-25)14-23-19(26)24-16-22(9-10-22)13-17-7-5-4-6-8-17;/h4-8,18H,9-16H2,1-3H3,(H,23,24);1H. The second kappa shape index (κ2) is 8.70. The van der Waals surface area contributed by atoms with Gasteiger partial charge in [-0.25, -0.2) is 4.79 Å². The fraction of sp³-hybridized carbons (Fsp3) is 0.636. The van der Waals surface area contributed by atoms with E-state index in [1.165, 1.54) is 18.4 Å². The third-order valence-electron chi connectivity index (χ3n) is 5.86. The van der Waals surface area contributed by atoms with Crippen LogP contribution in [0.15, 0.2) is 35.3 Å². The van der Waals surface area contributed by atoms with Gasteiger partial charge in [0.1, 0.15) is 5.60 Å². The summed E-state index contributed by atoms with van der Waals surface area (Å²) in [7, 11) is 0. The van der Waals surface area contributed by atoms with Crippen LogP contribution in [-0.2, 0) is 11.2 Å². The Balaban J connectivity index is 0.00000240. The molecule has 160 valence electrons. The van der Waals surface area contributed by atoms with Crippen LogP contribution in [0.2, 0.25) is 0 Å². The van der Waals surface area contributed by atoms with Crippen LogP contribution < -0.4 is 5.32 Å². The predicted octanol–water partition coefficient (Wildman–Crippen LogP) is 3.51. The minimum Gasteiger partial charge on any atom is -0.444 e. The van der Waals surface area contributed by atoms with Crippen molar-refractivity contribution in [3.05, 3.63) is 35.9 Å². The van der Waals surface area contributed by atoms with E-state index in [-0.39, 0.29) is 36.1 Å². The van der Waals surface area contributed by atoms with Crippen LogP contribution in [0.5, 0.6) is 0 Å². The van der Waals surface area contributed by atoms with E-state index in [0.29, 0.717) is 18.5 Å². The number of halogens is 1. The summed E-state index contributed by atoms with van der Waals surface area (Å²) in [6, 6.07) is 11.0. The van der Waals surface area contributed by atoms with Crippen molar-refractivity contribution in [2.75, 3.05) is 32.7 Å². The van der Waals surface area contributed by atoms with Crippen LogP contribution in [-0.4, -0.2) is 66.2 Å². The topological polar surface area (TPSA) is 57.2 Å². The summed E-state index contributed by atoms with van der Waals surface area (Å²) in [5.74, 6) is 1.01. The lowest BCUT2D eigenvalue weighted by Crippen LogP contribution is -2.57. The molecule has 0 spiro atoms. The van der Waals surface area contributed by atoms with Crippen molar-refractivity contribution in [2.24, 2.45) is 10.4 Å². The highest BCUT2D eigenvalue weighted by atomic mass is 127. The number of rotatable bonds is 4. The van der Waals surface area contributed by atoms with E-state index < -0.39 is 5.60 Å². The molecule has 4 rings (SSSR count). The Labute approximate surface area is 191 Å². The minimum absolute atomic E-state index is 0. The fourth-order valence-electron chi connectivity index (χ4n) is 4.11. The maximum absolute atomic E-state index is 12.4. The van der Waals surface area contributed by atoms with Crippen molar-refractivity contribution in [1.29, 1.82) is 0 Å². The number of piperazine rings is 1. The minimum atomic E-state index is -0.454. The average Bonchev–Trinajstić information content (AvgIpc) is 3.29. The van der Waals surface area contributed by atoms with Gasteiger partial charge in [-0.2, -0.15) is 0 Å². The summed E-state index contributed by atoms with van der Waals surface area (Å²) in [4.78, 5) is 21.2. The van der Waals surface area contributed by atoms with Gasteiger partial charge in [-0.05, 0) is 51.0 Å². The van der Waals surface area contributed by atoms with Crippen LogP contribution in [0.1, 0.15) is 39.2 Å². The molecule has 3 aliphatic rings. The van der Waals surface area contributed by atoms with Gasteiger partial charge in [0.15, 0.2) is 5.96 Å². The number of hydrogen-bond acceptors (Lipinski definition) is 5. The number of fused-ring (bicyclic) bond motifs is 1. The van der Waals surface area contributed by atoms with Crippen molar-refractivity contribution >= 4 is 36.0 Å². The normalized spacial score (nSPS) is 22.3. The Hall–Kier alpha value is -1.51. The highest BCUT2D eigenvalue weighted by molar-refractivity contribution is 14.0. The lowest BCUT2D eigenvalue weighted by atomic mass is 9.96. The molecule has 2 heterocycles. The third kappa shape index (κ3) is 5.55. The zero-order valence-corrected chi connectivity index (χ0v) is 20.0. The molecule has 0 radical (unpaired) electrons. The number of nitrogens with one attached hydrogen (secondary N) is 1. The lowest BCUT2D eigenvalue weighted by molar-refractivity contribution is 0.0137. The van der Waals surface area contributed by atoms with E-state index in [4.69, 9.17) is 9.73 Å². The van der Waals surface area contributed by atoms with Crippen molar-refractivity contribution in [3.8, 4) is 0 Å². The Bertz CT molecular complexity index is 743. The fourth-order valence-corrected chi connectivity index (χ4v) is 4.11. The SMILES string of the molecule is CC(C)(C)OC(=O)N1CCN2C(NCC3(Cc4ccccc4)CC3)=NCC2C1.I. The van der Waals surface area contributed by atoms with E-state index >= 15 is 0 Å². The van der Waals surface area contributed by atoms with E-state index in [1.807, 2.05) is 25.7 Å². The third-order valence-corrected chi connectivity index (χ3v) is 5.86. The van der Waals surface area contributed by atoms with Crippen LogP contribution >= 0.6 is 24.0 Å². The first-order chi connectivity index (χ1) is 13.3. The summed E-state index contributed by atoms with van der Waals surface area (Å²) < 4.78 is 5.52. The molecule has 1 N–H and O–H groups in total. The second-order valence-electron chi connectivity index (χ2n) is 9.45. The molecule has 0 aromatic heterocycles. The van der Waals surface area contributed by atoms with Gasteiger partial charge < -0.3 is 19.9 Å². The van der Waals surface area contributed by atoms with Gasteiger partial charge in [0, 0.05) is 26.2 Å². The highest BCUT2D eigenvalue weighted by Gasteiger charge is 2.43. The van der Waals surface area contributed by atoms with E-state index in [0.717, 1.165) is 32.0 Å². The summed E-state index contributed by atoms with van der Waals surface area (Å²) in [5, 5.41) is 3.63. The Morgan fingerprint density at radius 2 is 1.97 bits per heavy atom. The molecule has 2 aliphatic heterocycles. The summed E-state index contributed by atoms with van der Waals surface area (Å²) >= 11 is 0. The highest BCUT2D eigenvalue weighted by Crippen LogP contribution is 2.47. The maximum atomic E-state index is 12.4. The second-order valence-corrected chi connectivity index (χ2v) is 9.45. The number of guanidine groups is 1. The number of aliphatic imine (C=N–C) groups is 1. The van der Waals surface area contributed by atoms with Crippen LogP contribution in [0.3, 0.4) is 0 Å². The first-order valence-electron chi connectivity index (χ1n) is 10.4. The van der Waals surface area contributed by atoms with Gasteiger partial charge in [0.2, 0.25) is 0 Å². The van der Waals surface area contributed by atoms with Crippen LogP contribution in [0.4, 0.5) is 4.79 Å². The van der Waals surface area contributed by atoms with E-state index in [1.54, 1.807) is 0 Å². The lowest BCUT2D eigenvalue weighted by Gasteiger charge is -2.39. The quantitative estimate of drug-likeness (QED) is 0.628. The molecule has 1 aromatic carbocycles. The molecule has 2 fully saturated rings. The average molecular weight is 512 g/mol. The monoisotopic (exact) mass is 512 g/mol. The predicted molar refractivity (Wildman–Crippen MR) is 126 cm³/mol. The molecule has 7 heteroatoms. The van der Waals surface area contributed by atoms with Crippen LogP contribution in [0.25, 0.3) is 0 Å². The van der Waals surface area contributed by atoms with Gasteiger partial charge in [0.25, 0.3) is 0 Å². The molecule has 1 aliphatic carbocycles. The summed E-state index contributed by atoms with van der Waals surface area (Å²) in [6.07, 6.45) is 3.47. The molecule has 0 bridgehead atoms. The Morgan fingerprint density at radius 3 is 2.62 bits per heavy atom. The van der Waals surface area contributed by atoms with Gasteiger partial charge in [-0.3, -0.25) is 4.99 Å². The largest absolute Gasteiger partial charge is 0.444 e. The molecule has 1 amide bonds. The van der Waals surface area contributed by atoms with E-state index in [9.17, 15) is 4.79 Å². The van der Waals surface area contributed by atoms with Crippen LogP contribution in [0, 0.1) is 5.41 Å². The molecule has 1 aromatic rings. The first-order valence-corrected chi connectivity index (χ1v) is 10.4. The number of carbonyl (C=O) groups is 1. The number of benzene rings is 1. The summed E-state index contributed by atoms with van der Waals surface area (Å²) in [5.41, 5.74) is 1.34. The van der Waals surface area contributed by atoms with Gasteiger partial charge in [0.05, 0.1) is 12.6 Å². The molecule has 29 heavy (non-hydrogen) atoms. The molecule has 1 saturated carbocycles. The zero-order valence-electron chi connectivity index (χ0n) is 17.7. The maximum Gasteiger partial charge on any atom is 0.410 e. The zero-order chi connectivity index (χ0) is 19.8. The summed E-state index contributed by atoms with van der Waals surface area (Å²) in [6.45, 7) is 9.61. The first kappa shape index (κ1) is 22.2.